The van der Waals surface area contributed by atoms with E-state index < -0.39 is 0 Å². The maximum absolute atomic E-state index is 11.0. The zero-order valence-electron chi connectivity index (χ0n) is 6.93. The van der Waals surface area contributed by atoms with E-state index in [0.29, 0.717) is 19.1 Å². The Balaban J connectivity index is 1.91. The van der Waals surface area contributed by atoms with Crippen LogP contribution in [0.3, 0.4) is 0 Å². The Labute approximate surface area is 67.1 Å². The van der Waals surface area contributed by atoms with Gasteiger partial charge in [0.05, 0.1) is 12.7 Å². The molecule has 1 N–H and O–H groups in total. The number of rotatable bonds is 5. The molecule has 3 nitrogen and oxygen atoms in total. The van der Waals surface area contributed by atoms with Crippen LogP contribution in [0.15, 0.2) is 0 Å². The summed E-state index contributed by atoms with van der Waals surface area (Å²) in [7, 11) is 0. The van der Waals surface area contributed by atoms with E-state index in [-0.39, 0.29) is 5.91 Å². The molecule has 0 aromatic heterocycles. The molecule has 1 amide bonds. The van der Waals surface area contributed by atoms with Crippen LogP contribution in [0.25, 0.3) is 0 Å². The van der Waals surface area contributed by atoms with Crippen LogP contribution in [0.4, 0.5) is 0 Å². The first-order valence-electron chi connectivity index (χ1n) is 4.21. The zero-order chi connectivity index (χ0) is 8.10. The van der Waals surface area contributed by atoms with Crippen LogP contribution in [0.1, 0.15) is 26.2 Å². The Morgan fingerprint density at radius 2 is 2.45 bits per heavy atom. The van der Waals surface area contributed by atoms with E-state index in [1.807, 2.05) is 0 Å². The first-order valence-corrected chi connectivity index (χ1v) is 4.21. The Morgan fingerprint density at radius 3 is 3.00 bits per heavy atom. The molecule has 64 valence electrons. The summed E-state index contributed by atoms with van der Waals surface area (Å²) in [5.74, 6) is 0.155. The molecule has 0 bridgehead atoms. The van der Waals surface area contributed by atoms with Gasteiger partial charge >= 0.3 is 0 Å². The lowest BCUT2D eigenvalue weighted by Crippen LogP contribution is -2.26. The van der Waals surface area contributed by atoms with E-state index >= 15 is 0 Å². The molecule has 11 heavy (non-hydrogen) atoms. The average Bonchev–Trinajstić information content (AvgIpc) is 2.80. The summed E-state index contributed by atoms with van der Waals surface area (Å²) in [6.07, 6.45) is 3.02. The van der Waals surface area contributed by atoms with Gasteiger partial charge in [0.15, 0.2) is 0 Å². The smallest absolute Gasteiger partial charge is 0.220 e. The summed E-state index contributed by atoms with van der Waals surface area (Å²) >= 11 is 0. The van der Waals surface area contributed by atoms with Crippen molar-refractivity contribution >= 4 is 5.91 Å². The third kappa shape index (κ3) is 3.98. The molecule has 1 aliphatic rings. The van der Waals surface area contributed by atoms with Crippen molar-refractivity contribution in [3.05, 3.63) is 0 Å². The normalized spacial score (nSPS) is 21.4. The second-order valence-electron chi connectivity index (χ2n) is 2.86. The third-order valence-corrected chi connectivity index (χ3v) is 1.69. The fourth-order valence-electron chi connectivity index (χ4n) is 0.839. The Morgan fingerprint density at radius 1 is 1.73 bits per heavy atom. The van der Waals surface area contributed by atoms with E-state index in [0.717, 1.165) is 19.4 Å². The predicted molar refractivity (Wildman–Crippen MR) is 42.3 cm³/mol. The summed E-state index contributed by atoms with van der Waals surface area (Å²) < 4.78 is 4.95. The molecular formula is C8H15NO2. The molecule has 0 radical (unpaired) electrons. The van der Waals surface area contributed by atoms with Gasteiger partial charge in [-0.2, -0.15) is 0 Å². The number of amides is 1. The predicted octanol–water partition coefficient (Wildman–Crippen LogP) is 0.692. The number of carbonyl (C=O) groups is 1. The van der Waals surface area contributed by atoms with Gasteiger partial charge in [-0.15, -0.1) is 0 Å². The van der Waals surface area contributed by atoms with Crippen molar-refractivity contribution in [2.75, 3.05) is 13.2 Å². The minimum absolute atomic E-state index is 0.155. The third-order valence-electron chi connectivity index (χ3n) is 1.69. The molecular weight excluding hydrogens is 142 g/mol. The van der Waals surface area contributed by atoms with Crippen LogP contribution in [-0.2, 0) is 9.53 Å². The highest BCUT2D eigenvalue weighted by atomic mass is 16.6. The van der Waals surface area contributed by atoms with Crippen LogP contribution in [0.5, 0.6) is 0 Å². The van der Waals surface area contributed by atoms with Gasteiger partial charge in [-0.3, -0.25) is 4.79 Å². The van der Waals surface area contributed by atoms with E-state index in [9.17, 15) is 4.79 Å². The maximum Gasteiger partial charge on any atom is 0.220 e. The number of nitrogens with one attached hydrogen (secondary N) is 1. The van der Waals surface area contributed by atoms with Crippen molar-refractivity contribution in [1.29, 1.82) is 0 Å². The molecule has 1 fully saturated rings. The second kappa shape index (κ2) is 4.34. The van der Waals surface area contributed by atoms with Gasteiger partial charge in [-0.05, 0) is 6.42 Å². The lowest BCUT2D eigenvalue weighted by molar-refractivity contribution is -0.121. The largest absolute Gasteiger partial charge is 0.371 e. The van der Waals surface area contributed by atoms with Crippen LogP contribution in [0, 0.1) is 0 Å². The van der Waals surface area contributed by atoms with Crippen molar-refractivity contribution in [2.45, 2.75) is 32.3 Å². The second-order valence-corrected chi connectivity index (χ2v) is 2.86. The number of ether oxygens (including phenoxy) is 1. The highest BCUT2D eigenvalue weighted by molar-refractivity contribution is 5.75. The number of hydrogen-bond donors (Lipinski definition) is 1. The number of carbonyl (C=O) groups excluding carboxylic acids is 1. The standard InChI is InChI=1S/C8H15NO2/c1-2-3-4-8(10)9-5-7-6-11-7/h7H,2-6H2,1H3,(H,9,10)/t7-/m0/s1. The van der Waals surface area contributed by atoms with Gasteiger partial charge in [0, 0.05) is 13.0 Å². The van der Waals surface area contributed by atoms with Crippen molar-refractivity contribution in [1.82, 2.24) is 5.32 Å². The number of epoxide rings is 1. The van der Waals surface area contributed by atoms with Crippen molar-refractivity contribution in [2.24, 2.45) is 0 Å². The molecule has 1 heterocycles. The van der Waals surface area contributed by atoms with Crippen LogP contribution in [0.2, 0.25) is 0 Å². The fraction of sp³-hybridized carbons (Fsp3) is 0.875. The first-order chi connectivity index (χ1) is 5.33. The molecule has 3 heteroatoms. The molecule has 1 aliphatic heterocycles. The van der Waals surface area contributed by atoms with E-state index in [2.05, 4.69) is 12.2 Å². The Kier molecular flexibility index (Phi) is 3.36. The van der Waals surface area contributed by atoms with Crippen LogP contribution in [-0.4, -0.2) is 25.2 Å². The molecule has 0 spiro atoms. The highest BCUT2D eigenvalue weighted by Crippen LogP contribution is 2.06. The quantitative estimate of drug-likeness (QED) is 0.596. The molecule has 1 rings (SSSR count). The number of unbranched alkanes of at least 4 members (excludes halogenated alkanes) is 1. The fourth-order valence-corrected chi connectivity index (χ4v) is 0.839. The Bertz CT molecular complexity index is 132. The topological polar surface area (TPSA) is 41.6 Å². The molecule has 1 atom stereocenters. The summed E-state index contributed by atoms with van der Waals surface area (Å²) in [5.41, 5.74) is 0. The molecule has 0 aromatic rings. The summed E-state index contributed by atoms with van der Waals surface area (Å²) in [5, 5.41) is 2.82. The summed E-state index contributed by atoms with van der Waals surface area (Å²) in [6, 6.07) is 0. The summed E-state index contributed by atoms with van der Waals surface area (Å²) in [4.78, 5) is 11.0. The zero-order valence-corrected chi connectivity index (χ0v) is 6.93. The van der Waals surface area contributed by atoms with Crippen molar-refractivity contribution in [3.8, 4) is 0 Å². The minimum Gasteiger partial charge on any atom is -0.371 e. The van der Waals surface area contributed by atoms with Gasteiger partial charge < -0.3 is 10.1 Å². The van der Waals surface area contributed by atoms with Crippen molar-refractivity contribution in [3.63, 3.8) is 0 Å². The molecule has 0 unspecified atom stereocenters. The minimum atomic E-state index is 0.155. The van der Waals surface area contributed by atoms with Crippen LogP contribution < -0.4 is 5.32 Å². The monoisotopic (exact) mass is 157 g/mol. The van der Waals surface area contributed by atoms with Gasteiger partial charge in [0.25, 0.3) is 0 Å². The number of hydrogen-bond acceptors (Lipinski definition) is 2. The lowest BCUT2D eigenvalue weighted by atomic mass is 10.2. The summed E-state index contributed by atoms with van der Waals surface area (Å²) in [6.45, 7) is 3.59. The van der Waals surface area contributed by atoms with E-state index in [4.69, 9.17) is 4.74 Å². The van der Waals surface area contributed by atoms with Gasteiger partial charge in [0.1, 0.15) is 0 Å². The van der Waals surface area contributed by atoms with Crippen LogP contribution >= 0.6 is 0 Å². The van der Waals surface area contributed by atoms with E-state index in [1.54, 1.807) is 0 Å². The van der Waals surface area contributed by atoms with Crippen molar-refractivity contribution < 1.29 is 9.53 Å². The molecule has 0 aromatic carbocycles. The SMILES string of the molecule is CCCCC(=O)NC[C@H]1CO1. The highest BCUT2D eigenvalue weighted by Gasteiger charge is 2.22. The maximum atomic E-state index is 11.0. The van der Waals surface area contributed by atoms with E-state index in [1.165, 1.54) is 0 Å². The van der Waals surface area contributed by atoms with Gasteiger partial charge in [-0.25, -0.2) is 0 Å². The Hall–Kier alpha value is -0.570. The molecule has 0 aliphatic carbocycles. The molecule has 0 saturated carbocycles. The molecule has 1 saturated heterocycles. The average molecular weight is 157 g/mol. The van der Waals surface area contributed by atoms with Gasteiger partial charge in [-0.1, -0.05) is 13.3 Å². The van der Waals surface area contributed by atoms with Gasteiger partial charge in [0.2, 0.25) is 5.91 Å². The lowest BCUT2D eigenvalue weighted by Gasteiger charge is -2.00. The first kappa shape index (κ1) is 8.53.